The predicted octanol–water partition coefficient (Wildman–Crippen LogP) is 2.45. The summed E-state index contributed by atoms with van der Waals surface area (Å²) in [5.74, 6) is -2.21. The number of carbonyl (C=O) groups excluding carboxylic acids is 4. The van der Waals surface area contributed by atoms with Gasteiger partial charge < -0.3 is 19.5 Å². The van der Waals surface area contributed by atoms with Crippen molar-refractivity contribution in [3.05, 3.63) is 65.2 Å². The maximum absolute atomic E-state index is 12.0. The number of hydrogen-bond donors (Lipinski definition) is 1. The minimum atomic E-state index is -0.704. The fourth-order valence-corrected chi connectivity index (χ4v) is 2.18. The van der Waals surface area contributed by atoms with E-state index in [0.29, 0.717) is 16.8 Å². The summed E-state index contributed by atoms with van der Waals surface area (Å²) < 4.78 is 14.4. The van der Waals surface area contributed by atoms with Gasteiger partial charge in [-0.3, -0.25) is 4.79 Å². The standard InChI is InChI=1S/C20H19NO7/c1-3-27-19(24)15-8-10-16(11-9-15)21-17(22)12-28-20(25)14-6-4-13(5-7-14)18(23)26-2/h4-11H,3,12H2,1-2H3,(H,21,22). The summed E-state index contributed by atoms with van der Waals surface area (Å²) in [6.07, 6.45) is 0. The van der Waals surface area contributed by atoms with Gasteiger partial charge in [-0.25, -0.2) is 14.4 Å². The van der Waals surface area contributed by atoms with E-state index in [0.717, 1.165) is 0 Å². The van der Waals surface area contributed by atoms with Crippen LogP contribution in [0.4, 0.5) is 5.69 Å². The molecule has 1 amide bonds. The van der Waals surface area contributed by atoms with Gasteiger partial charge in [0.05, 0.1) is 30.4 Å². The van der Waals surface area contributed by atoms with Crippen molar-refractivity contribution < 1.29 is 33.4 Å². The Hall–Kier alpha value is -3.68. The van der Waals surface area contributed by atoms with Crippen LogP contribution in [0.25, 0.3) is 0 Å². The minimum Gasteiger partial charge on any atom is -0.465 e. The monoisotopic (exact) mass is 385 g/mol. The maximum atomic E-state index is 12.0. The molecule has 8 heteroatoms. The number of nitrogens with one attached hydrogen (secondary N) is 1. The smallest absolute Gasteiger partial charge is 0.338 e. The van der Waals surface area contributed by atoms with Gasteiger partial charge in [-0.2, -0.15) is 0 Å². The summed E-state index contributed by atoms with van der Waals surface area (Å²) in [6.45, 7) is 1.49. The zero-order valence-electron chi connectivity index (χ0n) is 15.4. The molecule has 2 rings (SSSR count). The third-order valence-electron chi connectivity index (χ3n) is 3.56. The minimum absolute atomic E-state index is 0.194. The lowest BCUT2D eigenvalue weighted by molar-refractivity contribution is -0.119. The molecule has 0 atom stereocenters. The molecule has 146 valence electrons. The molecule has 0 saturated carbocycles. The fraction of sp³-hybridized carbons (Fsp3) is 0.200. The molecule has 28 heavy (non-hydrogen) atoms. The second-order valence-corrected chi connectivity index (χ2v) is 5.49. The molecule has 0 radical (unpaired) electrons. The second kappa shape index (κ2) is 9.86. The van der Waals surface area contributed by atoms with E-state index in [1.165, 1.54) is 55.6 Å². The Balaban J connectivity index is 1.85. The van der Waals surface area contributed by atoms with Crippen LogP contribution in [0.1, 0.15) is 38.0 Å². The Bertz CT molecular complexity index is 857. The molecule has 1 N–H and O–H groups in total. The van der Waals surface area contributed by atoms with Gasteiger partial charge in [0.15, 0.2) is 6.61 Å². The van der Waals surface area contributed by atoms with Crippen molar-refractivity contribution in [2.75, 3.05) is 25.6 Å². The number of amides is 1. The molecule has 0 spiro atoms. The third kappa shape index (κ3) is 5.66. The van der Waals surface area contributed by atoms with Crippen LogP contribution >= 0.6 is 0 Å². The largest absolute Gasteiger partial charge is 0.465 e. The average Bonchev–Trinajstić information content (AvgIpc) is 2.72. The second-order valence-electron chi connectivity index (χ2n) is 5.49. The summed E-state index contributed by atoms with van der Waals surface area (Å²) >= 11 is 0. The Morgan fingerprint density at radius 2 is 1.21 bits per heavy atom. The van der Waals surface area contributed by atoms with Gasteiger partial charge in [-0.15, -0.1) is 0 Å². The lowest BCUT2D eigenvalue weighted by Gasteiger charge is -2.08. The molecule has 0 aliphatic heterocycles. The van der Waals surface area contributed by atoms with Crippen molar-refractivity contribution >= 4 is 29.5 Å². The molecule has 0 bridgehead atoms. The van der Waals surface area contributed by atoms with E-state index in [4.69, 9.17) is 9.47 Å². The number of ether oxygens (including phenoxy) is 3. The van der Waals surface area contributed by atoms with Gasteiger partial charge in [0.1, 0.15) is 0 Å². The average molecular weight is 385 g/mol. The van der Waals surface area contributed by atoms with Crippen LogP contribution in [-0.4, -0.2) is 44.1 Å². The molecule has 0 aliphatic carbocycles. The number of benzene rings is 2. The molecule has 0 heterocycles. The highest BCUT2D eigenvalue weighted by Crippen LogP contribution is 2.11. The van der Waals surface area contributed by atoms with E-state index in [-0.39, 0.29) is 12.2 Å². The SMILES string of the molecule is CCOC(=O)c1ccc(NC(=O)COC(=O)c2ccc(C(=O)OC)cc2)cc1. The molecule has 0 fully saturated rings. The van der Waals surface area contributed by atoms with E-state index in [9.17, 15) is 19.2 Å². The van der Waals surface area contributed by atoms with Crippen LogP contribution < -0.4 is 5.32 Å². The quantitative estimate of drug-likeness (QED) is 0.576. The van der Waals surface area contributed by atoms with Gasteiger partial charge in [0, 0.05) is 5.69 Å². The van der Waals surface area contributed by atoms with E-state index in [1.54, 1.807) is 6.92 Å². The van der Waals surface area contributed by atoms with Crippen molar-refractivity contribution in [2.45, 2.75) is 6.92 Å². The maximum Gasteiger partial charge on any atom is 0.338 e. The number of carbonyl (C=O) groups is 4. The molecule has 0 saturated heterocycles. The lowest BCUT2D eigenvalue weighted by atomic mass is 10.1. The Morgan fingerprint density at radius 1 is 0.750 bits per heavy atom. The normalized spacial score (nSPS) is 9.93. The van der Waals surface area contributed by atoms with Crippen LogP contribution in [-0.2, 0) is 19.0 Å². The molecular formula is C20H19NO7. The highest BCUT2D eigenvalue weighted by Gasteiger charge is 2.13. The van der Waals surface area contributed by atoms with E-state index in [2.05, 4.69) is 10.1 Å². The molecule has 2 aromatic rings. The molecule has 0 unspecified atom stereocenters. The summed E-state index contributed by atoms with van der Waals surface area (Å²) in [5, 5.41) is 2.55. The van der Waals surface area contributed by atoms with Crippen molar-refractivity contribution in [3.63, 3.8) is 0 Å². The number of methoxy groups -OCH3 is 1. The summed E-state index contributed by atoms with van der Waals surface area (Å²) in [7, 11) is 1.26. The zero-order chi connectivity index (χ0) is 20.5. The van der Waals surface area contributed by atoms with Crippen LogP contribution in [0.2, 0.25) is 0 Å². The van der Waals surface area contributed by atoms with Crippen LogP contribution in [0, 0.1) is 0 Å². The Morgan fingerprint density at radius 3 is 1.71 bits per heavy atom. The molecule has 2 aromatic carbocycles. The summed E-state index contributed by atoms with van der Waals surface area (Å²) in [6, 6.07) is 11.8. The topological polar surface area (TPSA) is 108 Å². The van der Waals surface area contributed by atoms with Crippen LogP contribution in [0.5, 0.6) is 0 Å². The first-order valence-electron chi connectivity index (χ1n) is 8.37. The van der Waals surface area contributed by atoms with Gasteiger partial charge in [-0.05, 0) is 55.5 Å². The molecule has 8 nitrogen and oxygen atoms in total. The number of anilines is 1. The summed E-state index contributed by atoms with van der Waals surface area (Å²) in [5.41, 5.74) is 1.29. The number of esters is 3. The number of rotatable bonds is 7. The van der Waals surface area contributed by atoms with E-state index < -0.39 is 30.4 Å². The van der Waals surface area contributed by atoms with Gasteiger partial charge >= 0.3 is 17.9 Å². The van der Waals surface area contributed by atoms with E-state index in [1.807, 2.05) is 0 Å². The fourth-order valence-electron chi connectivity index (χ4n) is 2.18. The highest BCUT2D eigenvalue weighted by molar-refractivity contribution is 5.97. The third-order valence-corrected chi connectivity index (χ3v) is 3.56. The Labute approximate surface area is 161 Å². The van der Waals surface area contributed by atoms with Crippen molar-refractivity contribution in [1.82, 2.24) is 0 Å². The van der Waals surface area contributed by atoms with Crippen molar-refractivity contribution in [3.8, 4) is 0 Å². The van der Waals surface area contributed by atoms with Gasteiger partial charge in [0.2, 0.25) is 0 Å². The molecule has 0 aliphatic rings. The molecule has 0 aromatic heterocycles. The van der Waals surface area contributed by atoms with Crippen molar-refractivity contribution in [1.29, 1.82) is 0 Å². The van der Waals surface area contributed by atoms with Crippen LogP contribution in [0.15, 0.2) is 48.5 Å². The number of hydrogen-bond acceptors (Lipinski definition) is 7. The Kier molecular flexibility index (Phi) is 7.27. The first-order valence-corrected chi connectivity index (χ1v) is 8.37. The van der Waals surface area contributed by atoms with Gasteiger partial charge in [0.25, 0.3) is 5.91 Å². The predicted molar refractivity (Wildman–Crippen MR) is 99.1 cm³/mol. The lowest BCUT2D eigenvalue weighted by Crippen LogP contribution is -2.21. The highest BCUT2D eigenvalue weighted by atomic mass is 16.5. The summed E-state index contributed by atoms with van der Waals surface area (Å²) in [4.78, 5) is 46.8. The van der Waals surface area contributed by atoms with Gasteiger partial charge in [-0.1, -0.05) is 0 Å². The van der Waals surface area contributed by atoms with Crippen molar-refractivity contribution in [2.24, 2.45) is 0 Å². The molecular weight excluding hydrogens is 366 g/mol. The van der Waals surface area contributed by atoms with E-state index >= 15 is 0 Å². The first kappa shape index (κ1) is 20.6. The zero-order valence-corrected chi connectivity index (χ0v) is 15.4. The first-order chi connectivity index (χ1) is 13.4. The van der Waals surface area contributed by atoms with Crippen LogP contribution in [0.3, 0.4) is 0 Å².